The Balaban J connectivity index is 1.64. The van der Waals surface area contributed by atoms with Gasteiger partial charge in [0.05, 0.1) is 11.1 Å². The number of nitrogens with zero attached hydrogens (tertiary/aromatic N) is 2. The van der Waals surface area contributed by atoms with E-state index in [4.69, 9.17) is 0 Å². The monoisotopic (exact) mass is 496 g/mol. The summed E-state index contributed by atoms with van der Waals surface area (Å²) in [5.74, 6) is -0.349. The van der Waals surface area contributed by atoms with Crippen LogP contribution in [0.3, 0.4) is 0 Å². The van der Waals surface area contributed by atoms with E-state index in [9.17, 15) is 18.4 Å². The lowest BCUT2D eigenvalue weighted by Gasteiger charge is -2.10. The maximum absolute atomic E-state index is 14.0. The van der Waals surface area contributed by atoms with Crippen LogP contribution in [0.2, 0.25) is 0 Å². The van der Waals surface area contributed by atoms with Crippen molar-refractivity contribution in [3.05, 3.63) is 50.0 Å². The van der Waals surface area contributed by atoms with Gasteiger partial charge in [-0.1, -0.05) is 18.3 Å². The van der Waals surface area contributed by atoms with E-state index in [1.54, 1.807) is 11.5 Å². The number of rotatable bonds is 2. The highest BCUT2D eigenvalue weighted by molar-refractivity contribution is 9.10. The number of halogens is 3. The second-order valence-electron chi connectivity index (χ2n) is 7.48. The Hall–Kier alpha value is -2.33. The molecule has 3 aromatic rings. The highest BCUT2D eigenvalue weighted by Gasteiger charge is 2.22. The number of fused-ring (bicyclic) bond motifs is 2. The molecular formula is C20H19BrF2N4O2S. The van der Waals surface area contributed by atoms with Crippen LogP contribution < -0.4 is 16.2 Å². The van der Waals surface area contributed by atoms with Crippen molar-refractivity contribution in [1.29, 1.82) is 0 Å². The molecule has 30 heavy (non-hydrogen) atoms. The molecule has 6 nitrogen and oxygen atoms in total. The molecule has 1 aliphatic heterocycles. The molecule has 0 fully saturated rings. The number of nitrogens with one attached hydrogen (secondary N) is 2. The molecule has 4 rings (SSSR count). The first-order chi connectivity index (χ1) is 14.2. The third-order valence-corrected chi connectivity index (χ3v) is 7.03. The number of anilines is 2. The van der Waals surface area contributed by atoms with E-state index in [0.29, 0.717) is 39.3 Å². The number of thiophene rings is 1. The Morgan fingerprint density at radius 2 is 2.07 bits per heavy atom. The van der Waals surface area contributed by atoms with E-state index >= 15 is 0 Å². The molecule has 0 bridgehead atoms. The molecule has 0 saturated carbocycles. The number of amides is 2. The second kappa shape index (κ2) is 8.07. The van der Waals surface area contributed by atoms with Crippen molar-refractivity contribution in [2.75, 3.05) is 10.6 Å². The number of hydrogen-bond donors (Lipinski definition) is 2. The quantitative estimate of drug-likeness (QED) is 0.496. The van der Waals surface area contributed by atoms with Gasteiger partial charge in [-0.3, -0.25) is 14.7 Å². The molecule has 1 aliphatic rings. The molecule has 10 heteroatoms. The van der Waals surface area contributed by atoms with E-state index in [1.807, 2.05) is 0 Å². The summed E-state index contributed by atoms with van der Waals surface area (Å²) in [6.45, 7) is 4.56. The minimum absolute atomic E-state index is 0.0843. The van der Waals surface area contributed by atoms with Crippen LogP contribution in [0.1, 0.15) is 31.2 Å². The zero-order chi connectivity index (χ0) is 21.6. The van der Waals surface area contributed by atoms with E-state index < -0.39 is 17.7 Å². The Morgan fingerprint density at radius 1 is 1.30 bits per heavy atom. The van der Waals surface area contributed by atoms with Gasteiger partial charge in [0, 0.05) is 23.5 Å². The van der Waals surface area contributed by atoms with Crippen molar-refractivity contribution in [1.82, 2.24) is 9.55 Å². The number of aromatic nitrogens is 2. The molecule has 0 spiro atoms. The molecular weight excluding hydrogens is 478 g/mol. The average molecular weight is 497 g/mol. The molecule has 0 aliphatic carbocycles. The minimum atomic E-state index is -0.900. The van der Waals surface area contributed by atoms with Crippen molar-refractivity contribution in [2.24, 2.45) is 5.92 Å². The van der Waals surface area contributed by atoms with E-state index in [2.05, 4.69) is 38.5 Å². The lowest BCUT2D eigenvalue weighted by Crippen LogP contribution is -2.24. The van der Waals surface area contributed by atoms with Crippen LogP contribution >= 0.6 is 27.3 Å². The molecule has 2 N–H and O–H groups in total. The Bertz CT molecular complexity index is 1200. The van der Waals surface area contributed by atoms with Crippen molar-refractivity contribution >= 4 is 54.2 Å². The van der Waals surface area contributed by atoms with Gasteiger partial charge in [0.1, 0.15) is 21.5 Å². The maximum Gasteiger partial charge on any atom is 0.324 e. The number of benzene rings is 1. The van der Waals surface area contributed by atoms with Gasteiger partial charge in [0.2, 0.25) is 0 Å². The first kappa shape index (κ1) is 20.9. The molecule has 0 saturated heterocycles. The van der Waals surface area contributed by atoms with Crippen LogP contribution in [0, 0.1) is 24.5 Å². The fraction of sp³-hybridized carbons (Fsp3) is 0.350. The fourth-order valence-electron chi connectivity index (χ4n) is 3.58. The van der Waals surface area contributed by atoms with Crippen molar-refractivity contribution in [2.45, 2.75) is 39.7 Å². The number of hydrogen-bond acceptors (Lipinski definition) is 4. The molecule has 1 atom stereocenters. The molecule has 1 unspecified atom stereocenters. The first-order valence-electron chi connectivity index (χ1n) is 9.50. The lowest BCUT2D eigenvalue weighted by atomic mass is 10.0. The van der Waals surface area contributed by atoms with Gasteiger partial charge in [-0.05, 0) is 53.2 Å². The predicted molar refractivity (Wildman–Crippen MR) is 117 cm³/mol. The summed E-state index contributed by atoms with van der Waals surface area (Å²) >= 11 is 4.24. The first-order valence-corrected chi connectivity index (χ1v) is 11.1. The van der Waals surface area contributed by atoms with Crippen molar-refractivity contribution in [3.8, 4) is 0 Å². The van der Waals surface area contributed by atoms with Crippen LogP contribution in [0.15, 0.2) is 21.4 Å². The van der Waals surface area contributed by atoms with Crippen LogP contribution in [0.25, 0.3) is 10.2 Å². The largest absolute Gasteiger partial charge is 0.324 e. The second-order valence-corrected chi connectivity index (χ2v) is 9.33. The zero-order valence-electron chi connectivity index (χ0n) is 16.3. The summed E-state index contributed by atoms with van der Waals surface area (Å²) in [6, 6.07) is 1.04. The smallest absolute Gasteiger partial charge is 0.304 e. The maximum atomic E-state index is 14.0. The van der Waals surface area contributed by atoms with Crippen molar-refractivity contribution < 1.29 is 13.6 Å². The average Bonchev–Trinajstić information content (AvgIpc) is 2.84. The zero-order valence-corrected chi connectivity index (χ0v) is 18.7. The predicted octanol–water partition coefficient (Wildman–Crippen LogP) is 5.42. The summed E-state index contributed by atoms with van der Waals surface area (Å²) in [7, 11) is 0. The number of carbonyl (C=O) groups excluding carboxylic acids is 1. The summed E-state index contributed by atoms with van der Waals surface area (Å²) in [6.07, 6.45) is 2.65. The topological polar surface area (TPSA) is 76.0 Å². The molecule has 158 valence electrons. The van der Waals surface area contributed by atoms with Gasteiger partial charge in [0.25, 0.3) is 5.56 Å². The Morgan fingerprint density at radius 3 is 2.80 bits per heavy atom. The van der Waals surface area contributed by atoms with Gasteiger partial charge in [0.15, 0.2) is 5.82 Å². The third-order valence-electron chi connectivity index (χ3n) is 5.31. The fourth-order valence-corrected chi connectivity index (χ4v) is 5.17. The Kier molecular flexibility index (Phi) is 5.63. The highest BCUT2D eigenvalue weighted by Crippen LogP contribution is 2.33. The minimum Gasteiger partial charge on any atom is -0.304 e. The van der Waals surface area contributed by atoms with Crippen molar-refractivity contribution in [3.63, 3.8) is 0 Å². The van der Waals surface area contributed by atoms with Gasteiger partial charge < -0.3 is 5.32 Å². The molecule has 2 aromatic heterocycles. The van der Waals surface area contributed by atoms with Gasteiger partial charge in [-0.25, -0.2) is 18.6 Å². The van der Waals surface area contributed by atoms with Crippen LogP contribution in [-0.4, -0.2) is 15.6 Å². The number of carbonyl (C=O) groups is 1. The number of aryl methyl sites for hydroxylation is 2. The summed E-state index contributed by atoms with van der Waals surface area (Å²) in [4.78, 5) is 30.8. The van der Waals surface area contributed by atoms with E-state index in [0.717, 1.165) is 31.2 Å². The van der Waals surface area contributed by atoms with Gasteiger partial charge in [-0.15, -0.1) is 0 Å². The lowest BCUT2D eigenvalue weighted by molar-refractivity contribution is 0.262. The van der Waals surface area contributed by atoms with Gasteiger partial charge >= 0.3 is 6.03 Å². The SMILES string of the molecule is Cc1c(NC(=O)Nc2c(F)cc(F)cc2Br)sc2nc3n(c(=O)c12)CCC(C)CC3. The number of urea groups is 1. The summed E-state index contributed by atoms with van der Waals surface area (Å²) in [5, 5.41) is 5.97. The third kappa shape index (κ3) is 3.85. The summed E-state index contributed by atoms with van der Waals surface area (Å²) < 4.78 is 29.0. The van der Waals surface area contributed by atoms with Crippen LogP contribution in [0.4, 0.5) is 24.3 Å². The van der Waals surface area contributed by atoms with E-state index in [-0.39, 0.29) is 15.7 Å². The van der Waals surface area contributed by atoms with Crippen LogP contribution in [-0.2, 0) is 13.0 Å². The molecule has 2 amide bonds. The molecule has 1 aromatic carbocycles. The normalized spacial score (nSPS) is 16.2. The summed E-state index contributed by atoms with van der Waals surface area (Å²) in [5.41, 5.74) is 0.346. The highest BCUT2D eigenvalue weighted by atomic mass is 79.9. The van der Waals surface area contributed by atoms with Gasteiger partial charge in [-0.2, -0.15) is 0 Å². The molecule has 0 radical (unpaired) electrons. The van der Waals surface area contributed by atoms with Crippen LogP contribution in [0.5, 0.6) is 0 Å². The Labute approximate surface area is 183 Å². The van der Waals surface area contributed by atoms with E-state index in [1.165, 1.54) is 11.3 Å². The molecule has 3 heterocycles. The standard InChI is InChI=1S/C20H19BrF2N4O2S/c1-9-3-4-14-24-18-15(19(28)27(14)6-5-9)10(2)17(30-18)26-20(29)25-16-12(21)7-11(22)8-13(16)23/h7-9H,3-6H2,1-2H3,(H2,25,26,29).